The van der Waals surface area contributed by atoms with Gasteiger partial charge >= 0.3 is 6.18 Å². The molecule has 0 radical (unpaired) electrons. The van der Waals surface area contributed by atoms with Crippen molar-refractivity contribution in [3.05, 3.63) is 59.1 Å². The molecule has 28 heavy (non-hydrogen) atoms. The summed E-state index contributed by atoms with van der Waals surface area (Å²) >= 11 is 6.09. The molecule has 7 heteroatoms. The molecular weight excluding hydrogens is 391 g/mol. The van der Waals surface area contributed by atoms with Gasteiger partial charge in [-0.3, -0.25) is 4.90 Å². The van der Waals surface area contributed by atoms with Crippen molar-refractivity contribution in [1.29, 1.82) is 0 Å². The highest BCUT2D eigenvalue weighted by molar-refractivity contribution is 6.32. The van der Waals surface area contributed by atoms with E-state index in [1.807, 2.05) is 25.1 Å². The zero-order chi connectivity index (χ0) is 20.2. The van der Waals surface area contributed by atoms with Crippen LogP contribution >= 0.6 is 11.6 Å². The fourth-order valence-corrected chi connectivity index (χ4v) is 3.64. The lowest BCUT2D eigenvalue weighted by Gasteiger charge is -2.40. The van der Waals surface area contributed by atoms with Gasteiger partial charge in [0.2, 0.25) is 0 Å². The van der Waals surface area contributed by atoms with Crippen molar-refractivity contribution in [1.82, 2.24) is 4.90 Å². The van der Waals surface area contributed by atoms with Crippen LogP contribution in [-0.4, -0.2) is 36.7 Å². The lowest BCUT2D eigenvalue weighted by Crippen LogP contribution is -2.50. The number of benzene rings is 2. The van der Waals surface area contributed by atoms with Crippen molar-refractivity contribution in [3.63, 3.8) is 0 Å². The summed E-state index contributed by atoms with van der Waals surface area (Å²) in [7, 11) is 0. The molecule has 1 unspecified atom stereocenters. The third-order valence-corrected chi connectivity index (χ3v) is 5.08. The molecule has 1 aliphatic rings. The molecular formula is C21H23ClF3NO2. The first-order chi connectivity index (χ1) is 13.3. The summed E-state index contributed by atoms with van der Waals surface area (Å²) in [6, 6.07) is 12.4. The van der Waals surface area contributed by atoms with Gasteiger partial charge in [-0.05, 0) is 56.6 Å². The Morgan fingerprint density at radius 1 is 1.14 bits per heavy atom. The van der Waals surface area contributed by atoms with Crippen molar-refractivity contribution < 1.29 is 22.6 Å². The molecule has 2 aromatic carbocycles. The Labute approximate surface area is 168 Å². The van der Waals surface area contributed by atoms with E-state index in [2.05, 4.69) is 4.90 Å². The molecule has 0 saturated carbocycles. The van der Waals surface area contributed by atoms with E-state index in [4.69, 9.17) is 21.1 Å². The predicted molar refractivity (Wildman–Crippen MR) is 103 cm³/mol. The fourth-order valence-electron chi connectivity index (χ4n) is 3.45. The summed E-state index contributed by atoms with van der Waals surface area (Å²) in [5, 5.41) is 0.568. The third-order valence-electron chi connectivity index (χ3n) is 4.77. The van der Waals surface area contributed by atoms with E-state index >= 15 is 0 Å². The summed E-state index contributed by atoms with van der Waals surface area (Å²) in [4.78, 5) is 2.20. The lowest BCUT2D eigenvalue weighted by molar-refractivity contribution is -0.137. The average Bonchev–Trinajstić information content (AvgIpc) is 2.62. The van der Waals surface area contributed by atoms with Gasteiger partial charge in [-0.25, -0.2) is 0 Å². The SMILES string of the molecule is CC1(Oc2cccc(C(F)(F)F)c2)CCCN(CCOc2ccccc2Cl)C1. The van der Waals surface area contributed by atoms with Gasteiger partial charge in [-0.15, -0.1) is 0 Å². The third kappa shape index (κ3) is 5.55. The standard InChI is InChI=1S/C21H23ClF3NO2/c1-20(28-17-7-4-6-16(14-17)21(23,24)25)10-5-11-26(15-20)12-13-27-19-9-3-2-8-18(19)22/h2-4,6-9,14H,5,10-13,15H2,1H3. The molecule has 3 nitrogen and oxygen atoms in total. The smallest absolute Gasteiger partial charge is 0.416 e. The summed E-state index contributed by atoms with van der Waals surface area (Å²) in [5.41, 5.74) is -1.25. The Hall–Kier alpha value is -1.92. The largest absolute Gasteiger partial charge is 0.491 e. The maximum atomic E-state index is 12.9. The van der Waals surface area contributed by atoms with Gasteiger partial charge in [0.05, 0.1) is 10.6 Å². The van der Waals surface area contributed by atoms with Crippen molar-refractivity contribution in [2.75, 3.05) is 26.2 Å². The normalized spacial score (nSPS) is 20.8. The molecule has 0 aliphatic carbocycles. The number of likely N-dealkylation sites (tertiary alicyclic amines) is 1. The van der Waals surface area contributed by atoms with Crippen LogP contribution in [0.5, 0.6) is 11.5 Å². The number of para-hydroxylation sites is 1. The van der Waals surface area contributed by atoms with Crippen molar-refractivity contribution >= 4 is 11.6 Å². The molecule has 0 aromatic heterocycles. The van der Waals surface area contributed by atoms with Gasteiger partial charge < -0.3 is 9.47 Å². The summed E-state index contributed by atoms with van der Waals surface area (Å²) < 4.78 is 50.5. The Kier molecular flexibility index (Phi) is 6.40. The van der Waals surface area contributed by atoms with E-state index in [9.17, 15) is 13.2 Å². The number of hydrogen-bond acceptors (Lipinski definition) is 3. The van der Waals surface area contributed by atoms with Crippen LogP contribution in [0, 0.1) is 0 Å². The first-order valence-corrected chi connectivity index (χ1v) is 9.59. The zero-order valence-corrected chi connectivity index (χ0v) is 16.4. The second-order valence-corrected chi connectivity index (χ2v) is 7.64. The maximum absolute atomic E-state index is 12.9. The van der Waals surface area contributed by atoms with Crippen molar-refractivity contribution in [2.45, 2.75) is 31.5 Å². The minimum Gasteiger partial charge on any atom is -0.491 e. The lowest BCUT2D eigenvalue weighted by atomic mass is 9.94. The molecule has 0 amide bonds. The summed E-state index contributed by atoms with van der Waals surface area (Å²) in [6.07, 6.45) is -2.69. The molecule has 0 N–H and O–H groups in total. The second-order valence-electron chi connectivity index (χ2n) is 7.24. The highest BCUT2D eigenvalue weighted by Crippen LogP contribution is 2.33. The zero-order valence-electron chi connectivity index (χ0n) is 15.6. The quantitative estimate of drug-likeness (QED) is 0.609. The Morgan fingerprint density at radius 3 is 2.68 bits per heavy atom. The minimum absolute atomic E-state index is 0.242. The predicted octanol–water partition coefficient (Wildman–Crippen LogP) is 5.67. The Morgan fingerprint density at radius 2 is 1.93 bits per heavy atom. The van der Waals surface area contributed by atoms with E-state index in [-0.39, 0.29) is 5.75 Å². The van der Waals surface area contributed by atoms with Crippen molar-refractivity contribution in [2.24, 2.45) is 0 Å². The van der Waals surface area contributed by atoms with Crippen LogP contribution in [0.15, 0.2) is 48.5 Å². The summed E-state index contributed by atoms with van der Waals surface area (Å²) in [6.45, 7) is 4.62. The molecule has 1 fully saturated rings. The van der Waals surface area contributed by atoms with Crippen LogP contribution in [-0.2, 0) is 6.18 Å². The molecule has 1 heterocycles. The maximum Gasteiger partial charge on any atom is 0.416 e. The van der Waals surface area contributed by atoms with E-state index in [1.165, 1.54) is 6.07 Å². The fraction of sp³-hybridized carbons (Fsp3) is 0.429. The molecule has 1 aliphatic heterocycles. The van der Waals surface area contributed by atoms with E-state index < -0.39 is 17.3 Å². The van der Waals surface area contributed by atoms with Crippen LogP contribution in [0.2, 0.25) is 5.02 Å². The Balaban J connectivity index is 1.57. The van der Waals surface area contributed by atoms with Gasteiger partial charge in [-0.2, -0.15) is 13.2 Å². The van der Waals surface area contributed by atoms with Crippen LogP contribution < -0.4 is 9.47 Å². The van der Waals surface area contributed by atoms with Crippen LogP contribution in [0.3, 0.4) is 0 Å². The molecule has 0 spiro atoms. The number of rotatable bonds is 6. The molecule has 2 aromatic rings. The highest BCUT2D eigenvalue weighted by Gasteiger charge is 2.34. The van der Waals surface area contributed by atoms with E-state index in [1.54, 1.807) is 12.1 Å². The number of piperidine rings is 1. The van der Waals surface area contributed by atoms with Gasteiger partial charge in [-0.1, -0.05) is 29.8 Å². The first-order valence-electron chi connectivity index (χ1n) is 9.21. The van der Waals surface area contributed by atoms with Crippen molar-refractivity contribution in [3.8, 4) is 11.5 Å². The minimum atomic E-state index is -4.38. The Bertz CT molecular complexity index is 799. The van der Waals surface area contributed by atoms with Gasteiger partial charge in [0.25, 0.3) is 0 Å². The first kappa shape index (κ1) is 20.8. The number of ether oxygens (including phenoxy) is 2. The number of alkyl halides is 3. The molecule has 0 bridgehead atoms. The van der Waals surface area contributed by atoms with Crippen LogP contribution in [0.1, 0.15) is 25.3 Å². The molecule has 3 rings (SSSR count). The van der Waals surface area contributed by atoms with E-state index in [0.717, 1.165) is 31.5 Å². The van der Waals surface area contributed by atoms with Crippen LogP contribution in [0.4, 0.5) is 13.2 Å². The number of halogens is 4. The van der Waals surface area contributed by atoms with Gasteiger partial charge in [0.1, 0.15) is 23.7 Å². The molecule has 1 atom stereocenters. The summed E-state index contributed by atoms with van der Waals surface area (Å²) in [5.74, 6) is 0.885. The monoisotopic (exact) mass is 413 g/mol. The van der Waals surface area contributed by atoms with Gasteiger partial charge in [0.15, 0.2) is 0 Å². The van der Waals surface area contributed by atoms with Crippen LogP contribution in [0.25, 0.3) is 0 Å². The number of hydrogen-bond donors (Lipinski definition) is 0. The average molecular weight is 414 g/mol. The molecule has 1 saturated heterocycles. The second kappa shape index (κ2) is 8.62. The highest BCUT2D eigenvalue weighted by atomic mass is 35.5. The number of nitrogens with zero attached hydrogens (tertiary/aromatic N) is 1. The van der Waals surface area contributed by atoms with E-state index in [0.29, 0.717) is 30.5 Å². The molecule has 152 valence electrons. The van der Waals surface area contributed by atoms with Gasteiger partial charge in [0, 0.05) is 13.1 Å². The topological polar surface area (TPSA) is 21.7 Å².